The van der Waals surface area contributed by atoms with Crippen molar-refractivity contribution in [2.24, 2.45) is 5.92 Å². The largest absolute Gasteiger partial charge is 0.490 e. The van der Waals surface area contributed by atoms with Crippen LogP contribution in [0.25, 0.3) is 10.9 Å². The highest BCUT2D eigenvalue weighted by Crippen LogP contribution is 2.41. The van der Waals surface area contributed by atoms with Crippen molar-refractivity contribution in [3.05, 3.63) is 58.7 Å². The third-order valence-corrected chi connectivity index (χ3v) is 6.46. The van der Waals surface area contributed by atoms with Gasteiger partial charge in [-0.3, -0.25) is 0 Å². The summed E-state index contributed by atoms with van der Waals surface area (Å²) in [6.45, 7) is 7.11. The van der Waals surface area contributed by atoms with Crippen molar-refractivity contribution >= 4 is 16.7 Å². The van der Waals surface area contributed by atoms with Crippen LogP contribution in [-0.4, -0.2) is 54.2 Å². The van der Waals surface area contributed by atoms with Crippen LogP contribution in [-0.2, 0) is 15.4 Å². The predicted octanol–water partition coefficient (Wildman–Crippen LogP) is 5.14. The molecule has 2 N–H and O–H groups in total. The number of aryl methyl sites for hydroxylation is 1. The number of fused-ring (bicyclic) bond motifs is 1. The lowest BCUT2D eigenvalue weighted by Crippen LogP contribution is -2.41. The van der Waals surface area contributed by atoms with E-state index in [4.69, 9.17) is 14.2 Å². The first kappa shape index (κ1) is 28.6. The minimum Gasteiger partial charge on any atom is -0.490 e. The van der Waals surface area contributed by atoms with Crippen molar-refractivity contribution in [2.75, 3.05) is 38.9 Å². The van der Waals surface area contributed by atoms with Gasteiger partial charge < -0.3 is 24.6 Å². The van der Waals surface area contributed by atoms with Gasteiger partial charge in [-0.15, -0.1) is 0 Å². The Labute approximate surface area is 225 Å². The number of anilines is 1. The number of hydrogen-bond donors (Lipinski definition) is 2. The van der Waals surface area contributed by atoms with E-state index in [9.17, 15) is 13.9 Å². The van der Waals surface area contributed by atoms with E-state index >= 15 is 4.39 Å². The number of hydrogen-bond acceptors (Lipinski definition) is 7. The van der Waals surface area contributed by atoms with Crippen LogP contribution in [0.15, 0.2) is 30.3 Å². The fourth-order valence-electron chi connectivity index (χ4n) is 4.07. The molecule has 208 valence electrons. The van der Waals surface area contributed by atoms with Gasteiger partial charge in [-0.25, -0.2) is 14.4 Å². The van der Waals surface area contributed by atoms with Crippen molar-refractivity contribution in [1.29, 1.82) is 0 Å². The Kier molecular flexibility index (Phi) is 8.35. The molecule has 1 aliphatic rings. The molecule has 3 aromatic rings. The van der Waals surface area contributed by atoms with Crippen molar-refractivity contribution < 1.29 is 32.5 Å². The lowest BCUT2D eigenvalue weighted by Gasteiger charge is -2.30. The van der Waals surface area contributed by atoms with Gasteiger partial charge in [-0.2, -0.15) is 8.78 Å². The first-order chi connectivity index (χ1) is 18.4. The fourth-order valence-corrected chi connectivity index (χ4v) is 4.07. The predicted molar refractivity (Wildman–Crippen MR) is 141 cm³/mol. The van der Waals surface area contributed by atoms with Gasteiger partial charge in [0, 0.05) is 18.1 Å². The quantitative estimate of drug-likeness (QED) is 0.286. The van der Waals surface area contributed by atoms with Gasteiger partial charge in [0.15, 0.2) is 0 Å². The maximum Gasteiger partial charge on any atom is 0.303 e. The van der Waals surface area contributed by atoms with Crippen molar-refractivity contribution in [2.45, 2.75) is 45.3 Å². The van der Waals surface area contributed by atoms with Crippen LogP contribution in [0.5, 0.6) is 5.75 Å². The number of rotatable bonds is 9. The summed E-state index contributed by atoms with van der Waals surface area (Å²) >= 11 is 0. The summed E-state index contributed by atoms with van der Waals surface area (Å²) in [5, 5.41) is 13.7. The molecule has 10 heteroatoms. The Balaban J connectivity index is 1.73. The van der Waals surface area contributed by atoms with Gasteiger partial charge in [0.1, 0.15) is 35.4 Å². The zero-order valence-electron chi connectivity index (χ0n) is 22.6. The Hall–Kier alpha value is -3.39. The van der Waals surface area contributed by atoms with Crippen molar-refractivity contribution in [1.82, 2.24) is 9.97 Å². The number of methoxy groups -OCH3 is 1. The summed E-state index contributed by atoms with van der Waals surface area (Å²) in [5.41, 5.74) is -2.08. The maximum atomic E-state index is 15.4. The number of aromatic nitrogens is 2. The zero-order valence-corrected chi connectivity index (χ0v) is 22.6. The molecular weight excluding hydrogens is 511 g/mol. The van der Waals surface area contributed by atoms with Crippen LogP contribution in [0.4, 0.5) is 19.0 Å². The smallest absolute Gasteiger partial charge is 0.303 e. The second-order valence-electron chi connectivity index (χ2n) is 10.0. The van der Waals surface area contributed by atoms with Crippen LogP contribution in [0.1, 0.15) is 49.3 Å². The summed E-state index contributed by atoms with van der Waals surface area (Å²) in [4.78, 5) is 9.05. The average molecular weight is 544 g/mol. The Bertz CT molecular complexity index is 1410. The highest BCUT2D eigenvalue weighted by molar-refractivity contribution is 5.92. The van der Waals surface area contributed by atoms with Crippen LogP contribution in [0.2, 0.25) is 0 Å². The highest BCUT2D eigenvalue weighted by atomic mass is 19.3. The topological polar surface area (TPSA) is 85.7 Å². The summed E-state index contributed by atoms with van der Waals surface area (Å²) in [6.07, 6.45) is 0. The molecule has 2 aromatic carbocycles. The lowest BCUT2D eigenvalue weighted by molar-refractivity contribution is -0.170. The maximum absolute atomic E-state index is 15.4. The Morgan fingerprint density at radius 1 is 1.21 bits per heavy atom. The fraction of sp³-hybridized carbons (Fsp3) is 0.448. The zero-order chi connectivity index (χ0) is 28.4. The average Bonchev–Trinajstić information content (AvgIpc) is 2.82. The molecule has 1 fully saturated rings. The van der Waals surface area contributed by atoms with E-state index < -0.39 is 28.9 Å². The molecule has 1 atom stereocenters. The molecule has 0 spiro atoms. The molecule has 7 nitrogen and oxygen atoms in total. The molecule has 0 saturated carbocycles. The number of ether oxygens (including phenoxy) is 3. The van der Waals surface area contributed by atoms with E-state index in [-0.39, 0.29) is 11.5 Å². The Morgan fingerprint density at radius 3 is 2.59 bits per heavy atom. The van der Waals surface area contributed by atoms with E-state index in [1.165, 1.54) is 12.1 Å². The highest BCUT2D eigenvalue weighted by Gasteiger charge is 2.49. The lowest BCUT2D eigenvalue weighted by atomic mass is 9.91. The van der Waals surface area contributed by atoms with E-state index in [2.05, 4.69) is 27.1 Å². The van der Waals surface area contributed by atoms with Gasteiger partial charge in [-0.1, -0.05) is 24.0 Å². The number of halogens is 3. The molecule has 0 bridgehead atoms. The summed E-state index contributed by atoms with van der Waals surface area (Å²) < 4.78 is 61.3. The number of aliphatic hydroxyl groups is 1. The number of nitrogens with zero attached hydrogens (tertiary/aromatic N) is 2. The summed E-state index contributed by atoms with van der Waals surface area (Å²) in [5.74, 6) is 2.95. The molecule has 0 amide bonds. The molecule has 0 aliphatic carbocycles. The van der Waals surface area contributed by atoms with Crippen molar-refractivity contribution in [3.8, 4) is 17.6 Å². The first-order valence-electron chi connectivity index (χ1n) is 12.6. The van der Waals surface area contributed by atoms with E-state index in [1.807, 2.05) is 0 Å². The molecule has 1 aromatic heterocycles. The third-order valence-electron chi connectivity index (χ3n) is 6.46. The minimum atomic E-state index is -3.80. The van der Waals surface area contributed by atoms with Gasteiger partial charge in [0.05, 0.1) is 48.4 Å². The van der Waals surface area contributed by atoms with E-state index in [0.29, 0.717) is 60.3 Å². The van der Waals surface area contributed by atoms with Crippen LogP contribution < -0.4 is 10.1 Å². The van der Waals surface area contributed by atoms with Crippen LogP contribution in [0.3, 0.4) is 0 Å². The van der Waals surface area contributed by atoms with Crippen LogP contribution in [0, 0.1) is 30.5 Å². The number of nitrogens with one attached hydrogen (secondary N) is 1. The molecule has 39 heavy (non-hydrogen) atoms. The molecule has 1 aliphatic heterocycles. The van der Waals surface area contributed by atoms with Gasteiger partial charge in [-0.05, 0) is 45.9 Å². The second kappa shape index (κ2) is 11.4. The number of alkyl halides is 2. The second-order valence-corrected chi connectivity index (χ2v) is 10.0. The van der Waals surface area contributed by atoms with Crippen molar-refractivity contribution in [3.63, 3.8) is 0 Å². The van der Waals surface area contributed by atoms with E-state index in [1.54, 1.807) is 33.1 Å². The first-order valence-corrected chi connectivity index (χ1v) is 12.6. The molecule has 2 heterocycles. The Morgan fingerprint density at radius 2 is 1.95 bits per heavy atom. The molecule has 1 saturated heterocycles. The van der Waals surface area contributed by atoms with Gasteiger partial charge in [0.25, 0.3) is 0 Å². The summed E-state index contributed by atoms with van der Waals surface area (Å²) in [6, 6.07) is 6.56. The third kappa shape index (κ3) is 6.11. The van der Waals surface area contributed by atoms with Gasteiger partial charge in [0.2, 0.25) is 0 Å². The molecular formula is C29H32F3N3O4. The van der Waals surface area contributed by atoms with Crippen LogP contribution >= 0.6 is 0 Å². The standard InChI is InChI=1S/C29H32F3N3O4/c1-17(21-7-6-8-23(26(21)30)29(31,32)28(3,4)36)33-27-22-14-25(39-12-11-37-5)20(10-9-19-15-38-16-19)13-24(22)34-18(2)35-27/h6-8,13-14,17,19,36H,11-12,15-16H2,1-5H3,(H,33,34,35)/t17-/m1/s1. The molecule has 4 rings (SSSR count). The molecule has 0 radical (unpaired) electrons. The minimum absolute atomic E-state index is 0.00242. The molecule has 0 unspecified atom stereocenters. The normalized spacial score (nSPS) is 14.9. The monoisotopic (exact) mass is 543 g/mol. The van der Waals surface area contributed by atoms with E-state index in [0.717, 1.165) is 19.9 Å². The summed E-state index contributed by atoms with van der Waals surface area (Å²) in [7, 11) is 1.58. The van der Waals surface area contributed by atoms with Gasteiger partial charge >= 0.3 is 5.92 Å². The SMILES string of the molecule is COCCOc1cc2c(N[C@H](C)c3cccc(C(F)(F)C(C)(C)O)c3F)nc(C)nc2cc1C#CC1COC1. The number of benzene rings is 2.